The van der Waals surface area contributed by atoms with E-state index >= 15 is 0 Å². The zero-order valence-electron chi connectivity index (χ0n) is 11.1. The topological polar surface area (TPSA) is 43.8 Å². The number of carboxylic acids is 1. The predicted octanol–water partition coefficient (Wildman–Crippen LogP) is 1.66. The summed E-state index contributed by atoms with van der Waals surface area (Å²) < 4.78 is 0. The average molecular weight is 260 g/mol. The third kappa shape index (κ3) is 3.14. The second kappa shape index (κ2) is 5.31. The van der Waals surface area contributed by atoms with Crippen LogP contribution in [0.5, 0.6) is 0 Å². The number of hydrogen-bond acceptors (Lipinski definition) is 3. The zero-order valence-corrected chi connectivity index (χ0v) is 11.1. The minimum absolute atomic E-state index is 0.383. The van der Waals surface area contributed by atoms with Gasteiger partial charge in [0.05, 0.1) is 5.56 Å². The van der Waals surface area contributed by atoms with Crippen molar-refractivity contribution in [1.29, 1.82) is 0 Å². The first-order valence-corrected chi connectivity index (χ1v) is 7.01. The Labute approximate surface area is 113 Å². The van der Waals surface area contributed by atoms with Crippen molar-refractivity contribution < 1.29 is 9.90 Å². The average Bonchev–Trinajstić information content (AvgIpc) is 3.24. The number of hydrogen-bond donors (Lipinski definition) is 1. The van der Waals surface area contributed by atoms with Gasteiger partial charge in [0.2, 0.25) is 0 Å². The first-order chi connectivity index (χ1) is 9.22. The van der Waals surface area contributed by atoms with E-state index < -0.39 is 5.97 Å². The summed E-state index contributed by atoms with van der Waals surface area (Å²) >= 11 is 0. The lowest BCUT2D eigenvalue weighted by Crippen LogP contribution is -2.46. The number of nitrogens with zero attached hydrogens (tertiary/aromatic N) is 2. The maximum absolute atomic E-state index is 10.9. The predicted molar refractivity (Wildman–Crippen MR) is 73.3 cm³/mol. The molecule has 0 unspecified atom stereocenters. The van der Waals surface area contributed by atoms with Gasteiger partial charge in [-0.1, -0.05) is 12.1 Å². The minimum atomic E-state index is -0.847. The molecule has 102 valence electrons. The molecule has 4 heteroatoms. The molecule has 1 N–H and O–H groups in total. The number of carboxylic acid groups (broad SMARTS) is 1. The highest BCUT2D eigenvalue weighted by molar-refractivity contribution is 5.87. The molecule has 1 saturated carbocycles. The van der Waals surface area contributed by atoms with Crippen LogP contribution in [0.2, 0.25) is 0 Å². The Hall–Kier alpha value is -1.39. The second-order valence-electron chi connectivity index (χ2n) is 5.55. The van der Waals surface area contributed by atoms with Gasteiger partial charge in [-0.25, -0.2) is 4.79 Å². The van der Waals surface area contributed by atoms with Crippen LogP contribution in [-0.4, -0.2) is 53.1 Å². The Balaban J connectivity index is 1.56. The lowest BCUT2D eigenvalue weighted by atomic mass is 10.1. The van der Waals surface area contributed by atoms with Crippen molar-refractivity contribution in [2.75, 3.05) is 26.2 Å². The third-order valence-electron chi connectivity index (χ3n) is 4.05. The van der Waals surface area contributed by atoms with Crippen molar-refractivity contribution in [3.05, 3.63) is 35.4 Å². The fraction of sp³-hybridized carbons (Fsp3) is 0.533. The molecule has 1 aromatic rings. The molecule has 0 amide bonds. The van der Waals surface area contributed by atoms with Crippen LogP contribution in [0.25, 0.3) is 0 Å². The lowest BCUT2D eigenvalue weighted by Gasteiger charge is -2.34. The van der Waals surface area contributed by atoms with E-state index in [1.165, 1.54) is 12.8 Å². The standard InChI is InChI=1S/C15H20N2O2/c18-15(19)13-3-1-2-12(10-13)11-16-6-8-17(9-7-16)14-4-5-14/h1-3,10,14H,4-9,11H2,(H,18,19). The highest BCUT2D eigenvalue weighted by atomic mass is 16.4. The van der Waals surface area contributed by atoms with Crippen LogP contribution in [-0.2, 0) is 6.54 Å². The SMILES string of the molecule is O=C(O)c1cccc(CN2CCN(C3CC3)CC2)c1. The van der Waals surface area contributed by atoms with Crippen LogP contribution < -0.4 is 0 Å². The molecule has 2 aliphatic rings. The Morgan fingerprint density at radius 1 is 1.21 bits per heavy atom. The van der Waals surface area contributed by atoms with Gasteiger partial charge in [0, 0.05) is 38.8 Å². The molecule has 1 aromatic carbocycles. The molecule has 4 nitrogen and oxygen atoms in total. The fourth-order valence-corrected chi connectivity index (χ4v) is 2.79. The van der Waals surface area contributed by atoms with Crippen molar-refractivity contribution in [3.8, 4) is 0 Å². The lowest BCUT2D eigenvalue weighted by molar-refractivity contribution is 0.0696. The largest absolute Gasteiger partial charge is 0.478 e. The van der Waals surface area contributed by atoms with E-state index in [0.717, 1.165) is 44.3 Å². The van der Waals surface area contributed by atoms with E-state index in [2.05, 4.69) is 9.80 Å². The summed E-state index contributed by atoms with van der Waals surface area (Å²) in [6, 6.07) is 8.14. The van der Waals surface area contributed by atoms with Gasteiger partial charge in [-0.05, 0) is 30.5 Å². The molecule has 1 heterocycles. The highest BCUT2D eigenvalue weighted by Crippen LogP contribution is 2.27. The molecule has 2 fully saturated rings. The van der Waals surface area contributed by atoms with Gasteiger partial charge in [-0.15, -0.1) is 0 Å². The molecule has 1 saturated heterocycles. The summed E-state index contributed by atoms with van der Waals surface area (Å²) in [6.07, 6.45) is 2.75. The van der Waals surface area contributed by atoms with Crippen LogP contribution in [0.4, 0.5) is 0 Å². The van der Waals surface area contributed by atoms with Gasteiger partial charge in [0.1, 0.15) is 0 Å². The van der Waals surface area contributed by atoms with Crippen molar-refractivity contribution in [1.82, 2.24) is 9.80 Å². The van der Waals surface area contributed by atoms with E-state index in [1.54, 1.807) is 12.1 Å². The van der Waals surface area contributed by atoms with E-state index in [4.69, 9.17) is 5.11 Å². The summed E-state index contributed by atoms with van der Waals surface area (Å²) in [5, 5.41) is 9.00. The Bertz CT molecular complexity index is 463. The summed E-state index contributed by atoms with van der Waals surface area (Å²) in [5.41, 5.74) is 1.48. The summed E-state index contributed by atoms with van der Waals surface area (Å²) in [4.78, 5) is 16.0. The number of rotatable bonds is 4. The number of piperazine rings is 1. The van der Waals surface area contributed by atoms with Crippen LogP contribution >= 0.6 is 0 Å². The molecule has 0 atom stereocenters. The third-order valence-corrected chi connectivity index (χ3v) is 4.05. The van der Waals surface area contributed by atoms with Crippen LogP contribution in [0.1, 0.15) is 28.8 Å². The highest BCUT2D eigenvalue weighted by Gasteiger charge is 2.31. The van der Waals surface area contributed by atoms with Crippen LogP contribution in [0.15, 0.2) is 24.3 Å². The van der Waals surface area contributed by atoms with Gasteiger partial charge in [0.25, 0.3) is 0 Å². The van der Waals surface area contributed by atoms with Gasteiger partial charge in [0.15, 0.2) is 0 Å². The van der Waals surface area contributed by atoms with Crippen molar-refractivity contribution in [2.45, 2.75) is 25.4 Å². The zero-order chi connectivity index (χ0) is 13.2. The number of benzene rings is 1. The first-order valence-electron chi connectivity index (χ1n) is 7.01. The van der Waals surface area contributed by atoms with E-state index in [9.17, 15) is 4.79 Å². The maximum Gasteiger partial charge on any atom is 0.335 e. The van der Waals surface area contributed by atoms with Gasteiger partial charge in [-0.2, -0.15) is 0 Å². The molecular formula is C15H20N2O2. The minimum Gasteiger partial charge on any atom is -0.478 e. The van der Waals surface area contributed by atoms with E-state index in [-0.39, 0.29) is 0 Å². The molecule has 19 heavy (non-hydrogen) atoms. The van der Waals surface area contributed by atoms with Crippen molar-refractivity contribution in [3.63, 3.8) is 0 Å². The van der Waals surface area contributed by atoms with Gasteiger partial charge >= 0.3 is 5.97 Å². The van der Waals surface area contributed by atoms with Crippen molar-refractivity contribution >= 4 is 5.97 Å². The summed E-state index contributed by atoms with van der Waals surface area (Å²) in [5.74, 6) is -0.847. The number of carbonyl (C=O) groups is 1. The molecule has 0 aromatic heterocycles. The van der Waals surface area contributed by atoms with E-state index in [0.29, 0.717) is 5.56 Å². The molecule has 0 spiro atoms. The number of aromatic carboxylic acids is 1. The van der Waals surface area contributed by atoms with Gasteiger partial charge in [-0.3, -0.25) is 9.80 Å². The van der Waals surface area contributed by atoms with Crippen LogP contribution in [0.3, 0.4) is 0 Å². The van der Waals surface area contributed by atoms with Gasteiger partial charge < -0.3 is 5.11 Å². The molecule has 3 rings (SSSR count). The molecule has 1 aliphatic carbocycles. The first kappa shape index (κ1) is 12.6. The summed E-state index contributed by atoms with van der Waals surface area (Å²) in [7, 11) is 0. The molecule has 1 aliphatic heterocycles. The monoisotopic (exact) mass is 260 g/mol. The quantitative estimate of drug-likeness (QED) is 0.894. The molecular weight excluding hydrogens is 240 g/mol. The van der Waals surface area contributed by atoms with Crippen LogP contribution in [0, 0.1) is 0 Å². The molecule has 0 bridgehead atoms. The molecule has 0 radical (unpaired) electrons. The van der Waals surface area contributed by atoms with E-state index in [1.807, 2.05) is 12.1 Å². The van der Waals surface area contributed by atoms with Crippen molar-refractivity contribution in [2.24, 2.45) is 0 Å². The Morgan fingerprint density at radius 2 is 1.95 bits per heavy atom. The Kier molecular flexibility index (Phi) is 3.53. The maximum atomic E-state index is 10.9. The normalized spacial score (nSPS) is 21.5. The fourth-order valence-electron chi connectivity index (χ4n) is 2.79. The second-order valence-corrected chi connectivity index (χ2v) is 5.55. The smallest absolute Gasteiger partial charge is 0.335 e. The summed E-state index contributed by atoms with van der Waals surface area (Å²) in [6.45, 7) is 5.35. The Morgan fingerprint density at radius 3 is 2.58 bits per heavy atom.